The summed E-state index contributed by atoms with van der Waals surface area (Å²) in [5.41, 5.74) is 3.17. The summed E-state index contributed by atoms with van der Waals surface area (Å²) in [6.45, 7) is 1.98. The van der Waals surface area contributed by atoms with Gasteiger partial charge in [0.05, 0.1) is 12.6 Å². The molecule has 0 aliphatic heterocycles. The van der Waals surface area contributed by atoms with E-state index >= 15 is 0 Å². The first kappa shape index (κ1) is 22.2. The maximum Gasteiger partial charge on any atom is 0.309 e. The molecule has 3 amide bonds. The fourth-order valence-electron chi connectivity index (χ4n) is 3.05. The van der Waals surface area contributed by atoms with Crippen molar-refractivity contribution in [2.24, 2.45) is 0 Å². The molecular formula is C24H25N3O3S. The maximum atomic E-state index is 12.2. The third kappa shape index (κ3) is 6.79. The number of carbonyl (C=O) groups excluding carboxylic acids is 3. The molecule has 1 unspecified atom stereocenters. The van der Waals surface area contributed by atoms with Gasteiger partial charge >= 0.3 is 11.8 Å². The Bertz CT molecular complexity index is 1000. The standard InChI is InChI=1S/C24H25N3O3S/c1-17(18-9-11-20(12-10-18)19-6-3-2-4-7-19)27-22(28)16-26-24(30)23(29)25-14-13-21-8-5-15-31-21/h2-12,15,17H,13-14,16H2,1H3,(H,25,29)(H,26,30)(H,27,28). The van der Waals surface area contributed by atoms with Gasteiger partial charge in [-0.15, -0.1) is 11.3 Å². The number of hydrogen-bond donors (Lipinski definition) is 3. The van der Waals surface area contributed by atoms with E-state index in [9.17, 15) is 14.4 Å². The van der Waals surface area contributed by atoms with Gasteiger partial charge in [0.1, 0.15) is 0 Å². The molecule has 0 spiro atoms. The van der Waals surface area contributed by atoms with Gasteiger partial charge in [-0.1, -0.05) is 60.7 Å². The predicted octanol–water partition coefficient (Wildman–Crippen LogP) is 3.07. The largest absolute Gasteiger partial charge is 0.348 e. The van der Waals surface area contributed by atoms with Gasteiger partial charge in [-0.3, -0.25) is 14.4 Å². The molecule has 1 atom stereocenters. The van der Waals surface area contributed by atoms with Gasteiger partial charge in [-0.25, -0.2) is 0 Å². The molecule has 0 saturated heterocycles. The van der Waals surface area contributed by atoms with Crippen LogP contribution in [0.5, 0.6) is 0 Å². The summed E-state index contributed by atoms with van der Waals surface area (Å²) in [7, 11) is 0. The average molecular weight is 436 g/mol. The summed E-state index contributed by atoms with van der Waals surface area (Å²) in [5.74, 6) is -1.92. The van der Waals surface area contributed by atoms with E-state index in [1.54, 1.807) is 11.3 Å². The fourth-order valence-corrected chi connectivity index (χ4v) is 3.75. The summed E-state index contributed by atoms with van der Waals surface area (Å²) in [5, 5.41) is 9.69. The Morgan fingerprint density at radius 2 is 1.52 bits per heavy atom. The van der Waals surface area contributed by atoms with Gasteiger partial charge in [0.15, 0.2) is 0 Å². The number of hydrogen-bond acceptors (Lipinski definition) is 4. The van der Waals surface area contributed by atoms with E-state index in [1.807, 2.05) is 79.0 Å². The lowest BCUT2D eigenvalue weighted by Crippen LogP contribution is -2.44. The Hall–Kier alpha value is -3.45. The second-order valence-corrected chi connectivity index (χ2v) is 8.08. The van der Waals surface area contributed by atoms with Gasteiger partial charge in [-0.2, -0.15) is 0 Å². The highest BCUT2D eigenvalue weighted by molar-refractivity contribution is 7.09. The Kier molecular flexibility index (Phi) is 7.95. The Morgan fingerprint density at radius 1 is 0.839 bits per heavy atom. The third-order valence-electron chi connectivity index (χ3n) is 4.75. The molecule has 0 aliphatic carbocycles. The van der Waals surface area contributed by atoms with Crippen LogP contribution in [0.3, 0.4) is 0 Å². The highest BCUT2D eigenvalue weighted by Gasteiger charge is 2.15. The van der Waals surface area contributed by atoms with Crippen molar-refractivity contribution in [2.45, 2.75) is 19.4 Å². The molecule has 7 heteroatoms. The molecule has 0 bridgehead atoms. The molecule has 1 heterocycles. The molecular weight excluding hydrogens is 410 g/mol. The maximum absolute atomic E-state index is 12.2. The lowest BCUT2D eigenvalue weighted by molar-refractivity contribution is -0.139. The predicted molar refractivity (Wildman–Crippen MR) is 122 cm³/mol. The van der Waals surface area contributed by atoms with Gasteiger partial charge in [0.25, 0.3) is 0 Å². The zero-order chi connectivity index (χ0) is 22.1. The van der Waals surface area contributed by atoms with Crippen LogP contribution < -0.4 is 16.0 Å². The number of carbonyl (C=O) groups is 3. The molecule has 0 aliphatic rings. The molecule has 0 radical (unpaired) electrons. The van der Waals surface area contributed by atoms with Gasteiger partial charge in [0.2, 0.25) is 5.91 Å². The van der Waals surface area contributed by atoms with Crippen LogP contribution in [0, 0.1) is 0 Å². The number of benzene rings is 2. The van der Waals surface area contributed by atoms with Crippen LogP contribution in [0.15, 0.2) is 72.1 Å². The van der Waals surface area contributed by atoms with Crippen molar-refractivity contribution in [3.63, 3.8) is 0 Å². The van der Waals surface area contributed by atoms with Crippen LogP contribution in [-0.4, -0.2) is 30.8 Å². The second-order valence-electron chi connectivity index (χ2n) is 7.05. The van der Waals surface area contributed by atoms with E-state index in [1.165, 1.54) is 0 Å². The first-order valence-corrected chi connectivity index (χ1v) is 10.9. The molecule has 0 saturated carbocycles. The average Bonchev–Trinajstić information content (AvgIpc) is 3.31. The van der Waals surface area contributed by atoms with Crippen molar-refractivity contribution >= 4 is 29.1 Å². The van der Waals surface area contributed by atoms with E-state index in [4.69, 9.17) is 0 Å². The van der Waals surface area contributed by atoms with E-state index < -0.39 is 11.8 Å². The number of amides is 3. The minimum Gasteiger partial charge on any atom is -0.348 e. The van der Waals surface area contributed by atoms with Crippen LogP contribution in [-0.2, 0) is 20.8 Å². The minimum absolute atomic E-state index is 0.228. The van der Waals surface area contributed by atoms with Gasteiger partial charge in [-0.05, 0) is 41.5 Å². The molecule has 3 aromatic rings. The van der Waals surface area contributed by atoms with Crippen molar-refractivity contribution in [2.75, 3.05) is 13.1 Å². The highest BCUT2D eigenvalue weighted by atomic mass is 32.1. The van der Waals surface area contributed by atoms with Crippen LogP contribution in [0.4, 0.5) is 0 Å². The van der Waals surface area contributed by atoms with Crippen LogP contribution >= 0.6 is 11.3 Å². The monoisotopic (exact) mass is 435 g/mol. The van der Waals surface area contributed by atoms with E-state index in [2.05, 4.69) is 16.0 Å². The smallest absolute Gasteiger partial charge is 0.309 e. The quantitative estimate of drug-likeness (QED) is 0.475. The van der Waals surface area contributed by atoms with Crippen molar-refractivity contribution in [1.82, 2.24) is 16.0 Å². The van der Waals surface area contributed by atoms with Crippen LogP contribution in [0.2, 0.25) is 0 Å². The van der Waals surface area contributed by atoms with E-state index in [0.29, 0.717) is 13.0 Å². The zero-order valence-corrected chi connectivity index (χ0v) is 18.1. The Morgan fingerprint density at radius 3 is 2.19 bits per heavy atom. The second kappa shape index (κ2) is 11.1. The zero-order valence-electron chi connectivity index (χ0n) is 17.3. The number of rotatable bonds is 8. The van der Waals surface area contributed by atoms with Crippen LogP contribution in [0.25, 0.3) is 11.1 Å². The van der Waals surface area contributed by atoms with Gasteiger partial charge in [0, 0.05) is 11.4 Å². The van der Waals surface area contributed by atoms with Gasteiger partial charge < -0.3 is 16.0 Å². The highest BCUT2D eigenvalue weighted by Crippen LogP contribution is 2.21. The lowest BCUT2D eigenvalue weighted by atomic mass is 10.0. The molecule has 31 heavy (non-hydrogen) atoms. The fraction of sp³-hybridized carbons (Fsp3) is 0.208. The van der Waals surface area contributed by atoms with E-state index in [-0.39, 0.29) is 18.5 Å². The summed E-state index contributed by atoms with van der Waals surface area (Å²) in [6, 6.07) is 21.7. The third-order valence-corrected chi connectivity index (χ3v) is 5.68. The minimum atomic E-state index is -0.818. The molecule has 2 aromatic carbocycles. The normalized spacial score (nSPS) is 11.4. The molecule has 1 aromatic heterocycles. The Balaban J connectivity index is 1.40. The van der Waals surface area contributed by atoms with Crippen molar-refractivity contribution < 1.29 is 14.4 Å². The van der Waals surface area contributed by atoms with Crippen molar-refractivity contribution in [1.29, 1.82) is 0 Å². The summed E-state index contributed by atoms with van der Waals surface area (Å²) >= 11 is 1.60. The molecule has 3 rings (SSSR count). The number of thiophene rings is 1. The molecule has 0 fully saturated rings. The van der Waals surface area contributed by atoms with E-state index in [0.717, 1.165) is 21.6 Å². The first-order chi connectivity index (χ1) is 15.0. The topological polar surface area (TPSA) is 87.3 Å². The molecule has 6 nitrogen and oxygen atoms in total. The van der Waals surface area contributed by atoms with Crippen molar-refractivity contribution in [3.8, 4) is 11.1 Å². The lowest BCUT2D eigenvalue weighted by Gasteiger charge is -2.15. The summed E-state index contributed by atoms with van der Waals surface area (Å²) in [6.07, 6.45) is 0.664. The SMILES string of the molecule is CC(NC(=O)CNC(=O)C(=O)NCCc1cccs1)c1ccc(-c2ccccc2)cc1. The van der Waals surface area contributed by atoms with Crippen molar-refractivity contribution in [3.05, 3.63) is 82.6 Å². The number of nitrogens with one attached hydrogen (secondary N) is 3. The first-order valence-electron chi connectivity index (χ1n) is 10.1. The molecule has 160 valence electrons. The summed E-state index contributed by atoms with van der Waals surface area (Å²) < 4.78 is 0. The van der Waals surface area contributed by atoms with Crippen LogP contribution in [0.1, 0.15) is 23.4 Å². The summed E-state index contributed by atoms with van der Waals surface area (Å²) in [4.78, 5) is 37.0. The molecule has 3 N–H and O–H groups in total. The Labute approximate surface area is 185 Å².